The number of likely N-dealkylation sites (tertiary alicyclic amines) is 1. The van der Waals surface area contributed by atoms with E-state index in [1.807, 2.05) is 25.1 Å². The van der Waals surface area contributed by atoms with Gasteiger partial charge in [0.25, 0.3) is 0 Å². The van der Waals surface area contributed by atoms with E-state index in [1.165, 1.54) is 16.5 Å². The Labute approximate surface area is 184 Å². The predicted octanol–water partition coefficient (Wildman–Crippen LogP) is 3.72. The van der Waals surface area contributed by atoms with Crippen molar-refractivity contribution in [1.82, 2.24) is 15.5 Å². The summed E-state index contributed by atoms with van der Waals surface area (Å²) in [6, 6.07) is 23.0. The van der Waals surface area contributed by atoms with Crippen LogP contribution in [0.15, 0.2) is 66.7 Å². The molecule has 31 heavy (non-hydrogen) atoms. The summed E-state index contributed by atoms with van der Waals surface area (Å²) in [6.07, 6.45) is 0.812. The number of ether oxygens (including phenoxy) is 1. The molecule has 0 unspecified atom stereocenters. The smallest absolute Gasteiger partial charge is 0.237 e. The summed E-state index contributed by atoms with van der Waals surface area (Å²) < 4.78 is 5.52. The van der Waals surface area contributed by atoms with E-state index in [1.54, 1.807) is 7.11 Å². The van der Waals surface area contributed by atoms with E-state index >= 15 is 0 Å². The number of hydrogen-bond acceptors (Lipinski definition) is 4. The number of methoxy groups -OCH3 is 1. The molecule has 0 bridgehead atoms. The number of carbonyl (C=O) groups excluding carboxylic acids is 1. The topological polar surface area (TPSA) is 53.6 Å². The van der Waals surface area contributed by atoms with Crippen LogP contribution in [0.4, 0.5) is 0 Å². The van der Waals surface area contributed by atoms with Gasteiger partial charge < -0.3 is 15.4 Å². The monoisotopic (exact) mass is 417 g/mol. The lowest BCUT2D eigenvalue weighted by Gasteiger charge is -2.23. The summed E-state index contributed by atoms with van der Waals surface area (Å²) in [6.45, 7) is 5.02. The van der Waals surface area contributed by atoms with Gasteiger partial charge in [-0.25, -0.2) is 0 Å². The Balaban J connectivity index is 1.47. The zero-order chi connectivity index (χ0) is 21.6. The van der Waals surface area contributed by atoms with E-state index in [-0.39, 0.29) is 18.0 Å². The fraction of sp³-hybridized carbons (Fsp3) is 0.346. The quantitative estimate of drug-likeness (QED) is 0.587. The third-order valence-electron chi connectivity index (χ3n) is 6.06. The van der Waals surface area contributed by atoms with Crippen LogP contribution in [0.25, 0.3) is 10.8 Å². The lowest BCUT2D eigenvalue weighted by Crippen LogP contribution is -2.42. The number of nitrogens with zero attached hydrogens (tertiary/aromatic N) is 1. The summed E-state index contributed by atoms with van der Waals surface area (Å²) in [7, 11) is 1.71. The molecule has 0 radical (unpaired) electrons. The molecule has 4 rings (SSSR count). The van der Waals surface area contributed by atoms with Crippen LogP contribution in [0.1, 0.15) is 24.5 Å². The van der Waals surface area contributed by atoms with Crippen LogP contribution in [0.3, 0.4) is 0 Å². The minimum absolute atomic E-state index is 0.106. The van der Waals surface area contributed by atoms with Gasteiger partial charge in [0.1, 0.15) is 5.75 Å². The first-order valence-corrected chi connectivity index (χ1v) is 11.0. The van der Waals surface area contributed by atoms with E-state index in [2.05, 4.69) is 64.1 Å². The van der Waals surface area contributed by atoms with Crippen molar-refractivity contribution in [2.75, 3.05) is 20.2 Å². The van der Waals surface area contributed by atoms with Gasteiger partial charge >= 0.3 is 0 Å². The van der Waals surface area contributed by atoms with Crippen LogP contribution >= 0.6 is 0 Å². The fourth-order valence-corrected chi connectivity index (χ4v) is 4.53. The summed E-state index contributed by atoms with van der Waals surface area (Å²) in [5.74, 6) is 1.02. The van der Waals surface area contributed by atoms with Crippen molar-refractivity contribution >= 4 is 16.7 Å². The van der Waals surface area contributed by atoms with Crippen molar-refractivity contribution in [2.45, 2.75) is 38.5 Å². The Hall–Kier alpha value is -2.89. The van der Waals surface area contributed by atoms with Crippen LogP contribution in [0.5, 0.6) is 5.75 Å². The van der Waals surface area contributed by atoms with Gasteiger partial charge in [-0.2, -0.15) is 0 Å². The molecule has 1 heterocycles. The molecule has 1 aliphatic rings. The largest absolute Gasteiger partial charge is 0.496 e. The molecular weight excluding hydrogens is 386 g/mol. The Kier molecular flexibility index (Phi) is 6.85. The zero-order valence-corrected chi connectivity index (χ0v) is 18.3. The average Bonchev–Trinajstić information content (AvgIpc) is 3.21. The Morgan fingerprint density at radius 1 is 1.03 bits per heavy atom. The molecule has 1 aliphatic heterocycles. The van der Waals surface area contributed by atoms with Crippen molar-refractivity contribution in [3.05, 3.63) is 77.9 Å². The van der Waals surface area contributed by atoms with Gasteiger partial charge in [0.05, 0.1) is 13.2 Å². The molecule has 0 aromatic heterocycles. The van der Waals surface area contributed by atoms with Crippen molar-refractivity contribution in [1.29, 1.82) is 0 Å². The molecule has 3 aromatic rings. The van der Waals surface area contributed by atoms with Crippen molar-refractivity contribution in [3.8, 4) is 5.75 Å². The second-order valence-electron chi connectivity index (χ2n) is 8.11. The van der Waals surface area contributed by atoms with Crippen LogP contribution in [0, 0.1) is 0 Å². The standard InChI is InChI=1S/C26H31N3O2/c1-3-27-26(30)24-15-21(18-29(24)17-19-9-5-4-6-10-19)28-16-20-13-14-25(31-2)23-12-8-7-11-22(20)23/h4-14,21,24,28H,3,15-18H2,1-2H3,(H,27,30)/t21-,24-/m0/s1. The Bertz CT molecular complexity index is 1020. The minimum atomic E-state index is -0.106. The number of rotatable bonds is 8. The molecule has 0 saturated carbocycles. The van der Waals surface area contributed by atoms with E-state index < -0.39 is 0 Å². The highest BCUT2D eigenvalue weighted by Gasteiger charge is 2.36. The van der Waals surface area contributed by atoms with E-state index in [4.69, 9.17) is 4.74 Å². The number of nitrogens with one attached hydrogen (secondary N) is 2. The number of fused-ring (bicyclic) bond motifs is 1. The van der Waals surface area contributed by atoms with Crippen LogP contribution < -0.4 is 15.4 Å². The SMILES string of the molecule is CCNC(=O)[C@@H]1C[C@H](NCc2ccc(OC)c3ccccc23)CN1Cc1ccccc1. The van der Waals surface area contributed by atoms with Crippen molar-refractivity contribution < 1.29 is 9.53 Å². The normalized spacial score (nSPS) is 18.9. The Morgan fingerprint density at radius 2 is 1.77 bits per heavy atom. The molecule has 2 atom stereocenters. The van der Waals surface area contributed by atoms with Crippen molar-refractivity contribution in [3.63, 3.8) is 0 Å². The van der Waals surface area contributed by atoms with Gasteiger partial charge in [0.15, 0.2) is 0 Å². The maximum atomic E-state index is 12.7. The number of likely N-dealkylation sites (N-methyl/N-ethyl adjacent to an activating group) is 1. The second-order valence-corrected chi connectivity index (χ2v) is 8.11. The second kappa shape index (κ2) is 9.94. The molecule has 2 N–H and O–H groups in total. The van der Waals surface area contributed by atoms with Gasteiger partial charge in [-0.3, -0.25) is 9.69 Å². The minimum Gasteiger partial charge on any atom is -0.496 e. The van der Waals surface area contributed by atoms with Gasteiger partial charge in [0, 0.05) is 37.6 Å². The summed E-state index contributed by atoms with van der Waals surface area (Å²) in [4.78, 5) is 15.0. The fourth-order valence-electron chi connectivity index (χ4n) is 4.53. The molecule has 1 saturated heterocycles. The first-order chi connectivity index (χ1) is 15.2. The first-order valence-electron chi connectivity index (χ1n) is 11.0. The molecule has 5 nitrogen and oxygen atoms in total. The Morgan fingerprint density at radius 3 is 2.52 bits per heavy atom. The molecule has 1 fully saturated rings. The van der Waals surface area contributed by atoms with E-state index in [9.17, 15) is 4.79 Å². The molecule has 0 spiro atoms. The molecule has 3 aromatic carbocycles. The van der Waals surface area contributed by atoms with E-state index in [0.29, 0.717) is 6.54 Å². The average molecular weight is 418 g/mol. The summed E-state index contributed by atoms with van der Waals surface area (Å²) in [5, 5.41) is 9.05. The van der Waals surface area contributed by atoms with Gasteiger partial charge in [-0.15, -0.1) is 0 Å². The number of amides is 1. The van der Waals surface area contributed by atoms with Crippen LogP contribution in [-0.2, 0) is 17.9 Å². The number of benzene rings is 3. The molecule has 162 valence electrons. The predicted molar refractivity (Wildman–Crippen MR) is 125 cm³/mol. The molecule has 5 heteroatoms. The lowest BCUT2D eigenvalue weighted by molar-refractivity contribution is -0.125. The zero-order valence-electron chi connectivity index (χ0n) is 18.3. The van der Waals surface area contributed by atoms with Gasteiger partial charge in [-0.05, 0) is 35.9 Å². The molecular formula is C26H31N3O2. The third kappa shape index (κ3) is 4.89. The molecule has 1 amide bonds. The molecule has 0 aliphatic carbocycles. The highest BCUT2D eigenvalue weighted by Crippen LogP contribution is 2.29. The van der Waals surface area contributed by atoms with E-state index in [0.717, 1.165) is 37.2 Å². The maximum Gasteiger partial charge on any atom is 0.237 e. The van der Waals surface area contributed by atoms with Gasteiger partial charge in [-0.1, -0.05) is 60.7 Å². The van der Waals surface area contributed by atoms with Gasteiger partial charge in [0.2, 0.25) is 5.91 Å². The van der Waals surface area contributed by atoms with Crippen LogP contribution in [0.2, 0.25) is 0 Å². The number of hydrogen-bond donors (Lipinski definition) is 2. The summed E-state index contributed by atoms with van der Waals surface area (Å²) in [5.41, 5.74) is 2.48. The highest BCUT2D eigenvalue weighted by molar-refractivity contribution is 5.91. The number of carbonyl (C=O) groups is 1. The van der Waals surface area contributed by atoms with Crippen molar-refractivity contribution in [2.24, 2.45) is 0 Å². The lowest BCUT2D eigenvalue weighted by atomic mass is 10.0. The third-order valence-corrected chi connectivity index (χ3v) is 6.06. The first kappa shape index (κ1) is 21.3. The summed E-state index contributed by atoms with van der Waals surface area (Å²) >= 11 is 0. The van der Waals surface area contributed by atoms with Crippen LogP contribution in [-0.4, -0.2) is 43.1 Å². The maximum absolute atomic E-state index is 12.7. The highest BCUT2D eigenvalue weighted by atomic mass is 16.5.